The zero-order chi connectivity index (χ0) is 15.1. The number of hydrogen-bond acceptors (Lipinski definition) is 4. The fraction of sp³-hybridized carbons (Fsp3) is 0.438. The molecule has 0 saturated carbocycles. The lowest BCUT2D eigenvalue weighted by Gasteiger charge is -2.24. The summed E-state index contributed by atoms with van der Waals surface area (Å²) in [6.45, 7) is 2.87. The summed E-state index contributed by atoms with van der Waals surface area (Å²) in [6.07, 6.45) is 5.87. The van der Waals surface area contributed by atoms with Gasteiger partial charge in [0.05, 0.1) is 31.7 Å². The minimum absolute atomic E-state index is 0.0729. The molecule has 5 nitrogen and oxygen atoms in total. The number of carbonyl (C=O) groups is 1. The third kappa shape index (κ3) is 4.49. The van der Waals surface area contributed by atoms with E-state index >= 15 is 0 Å². The van der Waals surface area contributed by atoms with Crippen LogP contribution in [-0.2, 0) is 17.9 Å². The number of carbonyl (C=O) groups excluding carboxylic acids is 1. The third-order valence-corrected chi connectivity index (χ3v) is 3.35. The van der Waals surface area contributed by atoms with E-state index in [4.69, 9.17) is 14.6 Å². The van der Waals surface area contributed by atoms with Gasteiger partial charge in [0.1, 0.15) is 11.5 Å². The summed E-state index contributed by atoms with van der Waals surface area (Å²) in [5.74, 6) is 1.39. The Morgan fingerprint density at radius 3 is 2.19 bits per heavy atom. The average Bonchev–Trinajstić information content (AvgIpc) is 3.16. The van der Waals surface area contributed by atoms with Crippen LogP contribution in [0.5, 0.6) is 0 Å². The molecule has 0 aliphatic rings. The Morgan fingerprint density at radius 2 is 1.76 bits per heavy atom. The lowest BCUT2D eigenvalue weighted by atomic mass is 10.1. The molecule has 114 valence electrons. The predicted octanol–water partition coefficient (Wildman–Crippen LogP) is 2.92. The van der Waals surface area contributed by atoms with E-state index in [-0.39, 0.29) is 5.91 Å². The Labute approximate surface area is 124 Å². The van der Waals surface area contributed by atoms with Crippen LogP contribution in [0.1, 0.15) is 37.7 Å². The molecule has 1 amide bonds. The van der Waals surface area contributed by atoms with Crippen LogP contribution in [0.3, 0.4) is 0 Å². The van der Waals surface area contributed by atoms with Crippen molar-refractivity contribution in [2.24, 2.45) is 5.73 Å². The van der Waals surface area contributed by atoms with Gasteiger partial charge in [0.25, 0.3) is 0 Å². The topological polar surface area (TPSA) is 72.6 Å². The molecule has 0 unspecified atom stereocenters. The summed E-state index contributed by atoms with van der Waals surface area (Å²) in [4.78, 5) is 14.2. The van der Waals surface area contributed by atoms with Crippen molar-refractivity contribution in [1.29, 1.82) is 0 Å². The highest BCUT2D eigenvalue weighted by Crippen LogP contribution is 2.13. The highest BCUT2D eigenvalue weighted by molar-refractivity contribution is 5.81. The fourth-order valence-electron chi connectivity index (χ4n) is 2.18. The second-order valence-electron chi connectivity index (χ2n) is 5.10. The van der Waals surface area contributed by atoms with E-state index in [1.165, 1.54) is 0 Å². The largest absolute Gasteiger partial charge is 0.467 e. The predicted molar refractivity (Wildman–Crippen MR) is 79.2 cm³/mol. The van der Waals surface area contributed by atoms with E-state index in [1.54, 1.807) is 17.4 Å². The van der Waals surface area contributed by atoms with E-state index in [2.05, 4.69) is 6.92 Å². The second kappa shape index (κ2) is 7.69. The standard InChI is InChI=1S/C16H22N2O3/c1-2-3-8-15(17)16(19)18(11-13-6-4-9-20-13)12-14-7-5-10-21-14/h4-7,9-10,15H,2-3,8,11-12,17H2,1H3/t15-/m0/s1. The molecule has 0 aliphatic heterocycles. The monoisotopic (exact) mass is 290 g/mol. The van der Waals surface area contributed by atoms with Crippen LogP contribution < -0.4 is 5.73 Å². The number of amides is 1. The van der Waals surface area contributed by atoms with Gasteiger partial charge >= 0.3 is 0 Å². The van der Waals surface area contributed by atoms with Crippen LogP contribution in [0.25, 0.3) is 0 Å². The molecule has 2 aromatic heterocycles. The SMILES string of the molecule is CCCC[C@H](N)C(=O)N(Cc1ccco1)Cc1ccco1. The number of nitrogens with zero attached hydrogens (tertiary/aromatic N) is 1. The third-order valence-electron chi connectivity index (χ3n) is 3.35. The highest BCUT2D eigenvalue weighted by atomic mass is 16.3. The van der Waals surface area contributed by atoms with Crippen molar-refractivity contribution in [2.75, 3.05) is 0 Å². The summed E-state index contributed by atoms with van der Waals surface area (Å²) in [7, 11) is 0. The molecule has 2 rings (SSSR count). The van der Waals surface area contributed by atoms with Crippen molar-refractivity contribution in [3.8, 4) is 0 Å². The van der Waals surface area contributed by atoms with Crippen molar-refractivity contribution >= 4 is 5.91 Å². The number of hydrogen-bond donors (Lipinski definition) is 1. The van der Waals surface area contributed by atoms with Crippen molar-refractivity contribution in [3.05, 3.63) is 48.3 Å². The summed E-state index contributed by atoms with van der Waals surface area (Å²) in [5, 5.41) is 0. The van der Waals surface area contributed by atoms with Crippen LogP contribution in [-0.4, -0.2) is 16.8 Å². The Balaban J connectivity index is 2.04. The maximum Gasteiger partial charge on any atom is 0.240 e. The maximum absolute atomic E-state index is 12.5. The first kappa shape index (κ1) is 15.4. The van der Waals surface area contributed by atoms with Gasteiger partial charge in [-0.3, -0.25) is 4.79 Å². The summed E-state index contributed by atoms with van der Waals surface area (Å²) >= 11 is 0. The van der Waals surface area contributed by atoms with Crippen LogP contribution in [0.2, 0.25) is 0 Å². The molecule has 21 heavy (non-hydrogen) atoms. The zero-order valence-electron chi connectivity index (χ0n) is 12.3. The minimum atomic E-state index is -0.477. The maximum atomic E-state index is 12.5. The highest BCUT2D eigenvalue weighted by Gasteiger charge is 2.22. The Bertz CT molecular complexity index is 483. The van der Waals surface area contributed by atoms with Crippen molar-refractivity contribution < 1.29 is 13.6 Å². The van der Waals surface area contributed by atoms with Crippen molar-refractivity contribution in [1.82, 2.24) is 4.90 Å². The number of nitrogens with two attached hydrogens (primary N) is 1. The Kier molecular flexibility index (Phi) is 5.63. The lowest BCUT2D eigenvalue weighted by Crippen LogP contribution is -2.42. The molecular formula is C16H22N2O3. The first-order chi connectivity index (χ1) is 10.2. The van der Waals surface area contributed by atoms with E-state index in [0.29, 0.717) is 19.5 Å². The van der Waals surface area contributed by atoms with Gasteiger partial charge in [0.2, 0.25) is 5.91 Å². The smallest absolute Gasteiger partial charge is 0.240 e. The second-order valence-corrected chi connectivity index (χ2v) is 5.10. The minimum Gasteiger partial charge on any atom is -0.467 e. The molecule has 1 atom stereocenters. The molecule has 0 aromatic carbocycles. The average molecular weight is 290 g/mol. The summed E-state index contributed by atoms with van der Waals surface area (Å²) in [5.41, 5.74) is 6.01. The van der Waals surface area contributed by atoms with Gasteiger partial charge in [-0.15, -0.1) is 0 Å². The molecule has 0 radical (unpaired) electrons. The number of rotatable bonds is 8. The molecular weight excluding hydrogens is 268 g/mol. The lowest BCUT2D eigenvalue weighted by molar-refractivity contribution is -0.134. The van der Waals surface area contributed by atoms with E-state index in [0.717, 1.165) is 24.4 Å². The molecule has 2 N–H and O–H groups in total. The fourth-order valence-corrected chi connectivity index (χ4v) is 2.18. The van der Waals surface area contributed by atoms with Crippen molar-refractivity contribution in [3.63, 3.8) is 0 Å². The molecule has 0 fully saturated rings. The molecule has 0 bridgehead atoms. The first-order valence-corrected chi connectivity index (χ1v) is 7.29. The van der Waals surface area contributed by atoms with E-state index < -0.39 is 6.04 Å². The Hall–Kier alpha value is -2.01. The summed E-state index contributed by atoms with van der Waals surface area (Å²) in [6, 6.07) is 6.83. The number of furan rings is 2. The molecule has 0 saturated heterocycles. The van der Waals surface area contributed by atoms with Crippen LogP contribution in [0.4, 0.5) is 0 Å². The van der Waals surface area contributed by atoms with Gasteiger partial charge in [0, 0.05) is 0 Å². The van der Waals surface area contributed by atoms with Gasteiger partial charge in [-0.25, -0.2) is 0 Å². The molecule has 0 spiro atoms. The number of unbranched alkanes of at least 4 members (excludes halogenated alkanes) is 1. The van der Waals surface area contributed by atoms with Crippen molar-refractivity contribution in [2.45, 2.75) is 45.3 Å². The molecule has 5 heteroatoms. The van der Waals surface area contributed by atoms with Crippen LogP contribution in [0, 0.1) is 0 Å². The molecule has 2 aromatic rings. The molecule has 2 heterocycles. The van der Waals surface area contributed by atoms with Gasteiger partial charge in [0.15, 0.2) is 0 Å². The summed E-state index contributed by atoms with van der Waals surface area (Å²) < 4.78 is 10.7. The normalized spacial score (nSPS) is 12.3. The first-order valence-electron chi connectivity index (χ1n) is 7.29. The zero-order valence-corrected chi connectivity index (χ0v) is 12.3. The van der Waals surface area contributed by atoms with Gasteiger partial charge < -0.3 is 19.5 Å². The van der Waals surface area contributed by atoms with E-state index in [9.17, 15) is 4.79 Å². The molecule has 0 aliphatic carbocycles. The van der Waals surface area contributed by atoms with Gasteiger partial charge in [-0.2, -0.15) is 0 Å². The quantitative estimate of drug-likeness (QED) is 0.811. The van der Waals surface area contributed by atoms with Gasteiger partial charge in [-0.05, 0) is 30.7 Å². The van der Waals surface area contributed by atoms with E-state index in [1.807, 2.05) is 24.3 Å². The Morgan fingerprint density at radius 1 is 1.19 bits per heavy atom. The van der Waals surface area contributed by atoms with Crippen LogP contribution >= 0.6 is 0 Å². The van der Waals surface area contributed by atoms with Crippen LogP contribution in [0.15, 0.2) is 45.6 Å². The van der Waals surface area contributed by atoms with Gasteiger partial charge in [-0.1, -0.05) is 19.8 Å².